The van der Waals surface area contributed by atoms with Gasteiger partial charge in [0.05, 0.1) is 11.3 Å². The van der Waals surface area contributed by atoms with E-state index in [1.165, 1.54) is 13.8 Å². The molecule has 0 atom stereocenters. The Bertz CT molecular complexity index is 413. The fourth-order valence-electron chi connectivity index (χ4n) is 1.06. The fourth-order valence-corrected chi connectivity index (χ4v) is 1.06. The van der Waals surface area contributed by atoms with Gasteiger partial charge in [0.15, 0.2) is 0 Å². The molecule has 0 fully saturated rings. The van der Waals surface area contributed by atoms with E-state index in [4.69, 9.17) is 5.11 Å². The molecule has 1 aromatic heterocycles. The van der Waals surface area contributed by atoms with E-state index in [2.05, 4.69) is 4.98 Å². The quantitative estimate of drug-likeness (QED) is 0.853. The number of aliphatic carboxylic acids is 1. The first-order valence-electron chi connectivity index (χ1n) is 4.43. The molecule has 0 saturated carbocycles. The second-order valence-electron chi connectivity index (χ2n) is 3.86. The minimum Gasteiger partial charge on any atom is -0.481 e. The van der Waals surface area contributed by atoms with Crippen molar-refractivity contribution in [3.05, 3.63) is 29.6 Å². The van der Waals surface area contributed by atoms with E-state index in [0.29, 0.717) is 0 Å². The lowest BCUT2D eigenvalue weighted by atomic mass is 9.88. The Morgan fingerprint density at radius 3 is 2.38 bits per heavy atom. The first kappa shape index (κ1) is 12.5. The number of hydrogen-bond donors (Lipinski definition) is 1. The third-order valence-corrected chi connectivity index (χ3v) is 2.26. The second kappa shape index (κ2) is 3.77. The highest BCUT2D eigenvalue weighted by atomic mass is 19.4. The Morgan fingerprint density at radius 2 is 1.94 bits per heavy atom. The molecule has 1 heterocycles. The third kappa shape index (κ3) is 2.32. The van der Waals surface area contributed by atoms with Crippen LogP contribution in [0.4, 0.5) is 13.2 Å². The van der Waals surface area contributed by atoms with Crippen LogP contribution < -0.4 is 0 Å². The van der Waals surface area contributed by atoms with Gasteiger partial charge in [0.1, 0.15) is 5.41 Å². The molecular weight excluding hydrogens is 223 g/mol. The maximum atomic E-state index is 12.4. The lowest BCUT2D eigenvalue weighted by molar-refractivity contribution is -0.143. The van der Waals surface area contributed by atoms with Gasteiger partial charge in [-0.15, -0.1) is 0 Å². The molecule has 0 unspecified atom stereocenters. The van der Waals surface area contributed by atoms with Crippen LogP contribution in [0.25, 0.3) is 0 Å². The minimum absolute atomic E-state index is 0.116. The third-order valence-electron chi connectivity index (χ3n) is 2.26. The molecule has 0 aliphatic carbocycles. The summed E-state index contributed by atoms with van der Waals surface area (Å²) in [6, 6.07) is 1.57. The molecule has 6 heteroatoms. The number of halogens is 3. The van der Waals surface area contributed by atoms with Crippen LogP contribution in [0, 0.1) is 0 Å². The highest BCUT2D eigenvalue weighted by Gasteiger charge is 2.35. The molecule has 0 spiro atoms. The van der Waals surface area contributed by atoms with Crippen molar-refractivity contribution in [2.75, 3.05) is 0 Å². The number of carboxylic acid groups (broad SMARTS) is 1. The highest BCUT2D eigenvalue weighted by molar-refractivity contribution is 5.79. The second-order valence-corrected chi connectivity index (χ2v) is 3.86. The van der Waals surface area contributed by atoms with Gasteiger partial charge < -0.3 is 5.11 Å². The van der Waals surface area contributed by atoms with Crippen LogP contribution in [-0.2, 0) is 16.4 Å². The molecule has 1 rings (SSSR count). The van der Waals surface area contributed by atoms with E-state index in [-0.39, 0.29) is 5.69 Å². The van der Waals surface area contributed by atoms with Gasteiger partial charge in [0.2, 0.25) is 0 Å². The van der Waals surface area contributed by atoms with E-state index >= 15 is 0 Å². The normalized spacial score (nSPS) is 12.6. The first-order valence-corrected chi connectivity index (χ1v) is 4.43. The number of hydrogen-bond acceptors (Lipinski definition) is 2. The average Bonchev–Trinajstić information content (AvgIpc) is 2.16. The van der Waals surface area contributed by atoms with Crippen molar-refractivity contribution in [2.24, 2.45) is 0 Å². The highest BCUT2D eigenvalue weighted by Crippen LogP contribution is 2.31. The predicted molar refractivity (Wildman–Crippen MR) is 49.9 cm³/mol. The molecular formula is C10H10F3NO2. The standard InChI is InChI=1S/C10H10F3NO2/c1-9(2,8(15)16)7-5-6(3-4-14-7)10(11,12)13/h3-5H,1-2H3,(H,15,16). The number of rotatable bonds is 2. The van der Waals surface area contributed by atoms with Crippen molar-refractivity contribution in [3.8, 4) is 0 Å². The number of carbonyl (C=O) groups is 1. The molecule has 16 heavy (non-hydrogen) atoms. The van der Waals surface area contributed by atoms with Crippen molar-refractivity contribution in [3.63, 3.8) is 0 Å². The maximum absolute atomic E-state index is 12.4. The molecule has 0 aliphatic rings. The van der Waals surface area contributed by atoms with Crippen molar-refractivity contribution in [2.45, 2.75) is 25.4 Å². The number of pyridine rings is 1. The van der Waals surface area contributed by atoms with Gasteiger partial charge in [0, 0.05) is 6.20 Å². The molecule has 3 nitrogen and oxygen atoms in total. The van der Waals surface area contributed by atoms with Gasteiger partial charge in [-0.1, -0.05) is 0 Å². The summed E-state index contributed by atoms with van der Waals surface area (Å²) in [6.07, 6.45) is -3.53. The Balaban J connectivity index is 3.23. The monoisotopic (exact) mass is 233 g/mol. The topological polar surface area (TPSA) is 50.2 Å². The SMILES string of the molecule is CC(C)(C(=O)O)c1cc(C(F)(F)F)ccn1. The van der Waals surface area contributed by atoms with Crippen LogP contribution in [0.5, 0.6) is 0 Å². The minimum atomic E-state index is -4.49. The van der Waals surface area contributed by atoms with Crippen LogP contribution in [0.1, 0.15) is 25.1 Å². The Kier molecular flexibility index (Phi) is 2.94. The molecule has 1 aromatic rings. The molecule has 0 amide bonds. The zero-order valence-electron chi connectivity index (χ0n) is 8.67. The number of alkyl halides is 3. The van der Waals surface area contributed by atoms with Gasteiger partial charge in [-0.3, -0.25) is 9.78 Å². The van der Waals surface area contributed by atoms with E-state index < -0.39 is 23.1 Å². The molecule has 0 aliphatic heterocycles. The maximum Gasteiger partial charge on any atom is 0.416 e. The van der Waals surface area contributed by atoms with Gasteiger partial charge >= 0.3 is 12.1 Å². The van der Waals surface area contributed by atoms with E-state index in [1.807, 2.05) is 0 Å². The summed E-state index contributed by atoms with van der Waals surface area (Å²) >= 11 is 0. The van der Waals surface area contributed by atoms with Crippen molar-refractivity contribution < 1.29 is 23.1 Å². The number of aromatic nitrogens is 1. The van der Waals surface area contributed by atoms with Gasteiger partial charge in [0.25, 0.3) is 0 Å². The van der Waals surface area contributed by atoms with Gasteiger partial charge in [-0.2, -0.15) is 13.2 Å². The average molecular weight is 233 g/mol. The first-order chi connectivity index (χ1) is 7.15. The number of nitrogens with zero attached hydrogens (tertiary/aromatic N) is 1. The molecule has 0 aromatic carbocycles. The zero-order valence-corrected chi connectivity index (χ0v) is 8.67. The summed E-state index contributed by atoms with van der Waals surface area (Å²) in [6.45, 7) is 2.61. The van der Waals surface area contributed by atoms with Crippen LogP contribution in [0.2, 0.25) is 0 Å². The summed E-state index contributed by atoms with van der Waals surface area (Å²) in [5, 5.41) is 8.87. The van der Waals surface area contributed by atoms with Gasteiger partial charge in [-0.25, -0.2) is 0 Å². The van der Waals surface area contributed by atoms with Crippen molar-refractivity contribution >= 4 is 5.97 Å². The van der Waals surface area contributed by atoms with Crippen LogP contribution in [0.15, 0.2) is 18.3 Å². The summed E-state index contributed by atoms with van der Waals surface area (Å²) in [5.74, 6) is -1.22. The smallest absolute Gasteiger partial charge is 0.416 e. The van der Waals surface area contributed by atoms with E-state index in [1.54, 1.807) is 0 Å². The zero-order chi connectivity index (χ0) is 12.6. The molecule has 88 valence electrons. The largest absolute Gasteiger partial charge is 0.481 e. The Labute approximate surface area is 89.9 Å². The van der Waals surface area contributed by atoms with E-state index in [0.717, 1.165) is 18.3 Å². The molecule has 0 bridgehead atoms. The molecule has 0 radical (unpaired) electrons. The molecule has 0 saturated heterocycles. The van der Waals surface area contributed by atoms with E-state index in [9.17, 15) is 18.0 Å². The van der Waals surface area contributed by atoms with Crippen molar-refractivity contribution in [1.82, 2.24) is 4.98 Å². The summed E-state index contributed by atoms with van der Waals surface area (Å²) in [7, 11) is 0. The Hall–Kier alpha value is -1.59. The van der Waals surface area contributed by atoms with Crippen LogP contribution in [-0.4, -0.2) is 16.1 Å². The fraction of sp³-hybridized carbons (Fsp3) is 0.400. The van der Waals surface area contributed by atoms with Gasteiger partial charge in [-0.05, 0) is 26.0 Å². The summed E-state index contributed by atoms with van der Waals surface area (Å²) < 4.78 is 37.1. The number of carboxylic acids is 1. The summed E-state index contributed by atoms with van der Waals surface area (Å²) in [5.41, 5.74) is -2.46. The van der Waals surface area contributed by atoms with Crippen molar-refractivity contribution in [1.29, 1.82) is 0 Å². The lowest BCUT2D eigenvalue weighted by Crippen LogP contribution is -2.30. The van der Waals surface area contributed by atoms with Crippen LogP contribution >= 0.6 is 0 Å². The van der Waals surface area contributed by atoms with Crippen LogP contribution in [0.3, 0.4) is 0 Å². The Morgan fingerprint density at radius 1 is 1.38 bits per heavy atom. The lowest BCUT2D eigenvalue weighted by Gasteiger charge is -2.19. The summed E-state index contributed by atoms with van der Waals surface area (Å²) in [4.78, 5) is 14.5. The molecule has 1 N–H and O–H groups in total. The predicted octanol–water partition coefficient (Wildman–Crippen LogP) is 2.46.